The number of fused-ring (bicyclic) bond motifs is 1. The minimum Gasteiger partial charge on any atom is -0.481 e. The smallest absolute Gasteiger partial charge is 0.339 e. The van der Waals surface area contributed by atoms with E-state index < -0.39 is 23.6 Å². The molecule has 1 atom stereocenters. The first kappa shape index (κ1) is 19.2. The molecule has 0 fully saturated rings. The van der Waals surface area contributed by atoms with E-state index in [4.69, 9.17) is 13.9 Å². The van der Waals surface area contributed by atoms with Crippen molar-refractivity contribution < 1.29 is 23.5 Å². The highest BCUT2D eigenvalue weighted by Gasteiger charge is 2.19. The summed E-state index contributed by atoms with van der Waals surface area (Å²) in [4.78, 5) is 35.9. The normalized spacial score (nSPS) is 11.7. The van der Waals surface area contributed by atoms with Crippen LogP contribution in [0, 0.1) is 6.92 Å². The highest BCUT2D eigenvalue weighted by molar-refractivity contribution is 6.02. The Kier molecular flexibility index (Phi) is 5.44. The first-order chi connectivity index (χ1) is 13.4. The zero-order chi connectivity index (χ0) is 20.3. The summed E-state index contributed by atoms with van der Waals surface area (Å²) in [6.45, 7) is 3.39. The number of carbonyl (C=O) groups is 2. The molecule has 1 heterocycles. The van der Waals surface area contributed by atoms with Crippen molar-refractivity contribution in [2.45, 2.75) is 20.0 Å². The summed E-state index contributed by atoms with van der Waals surface area (Å²) >= 11 is 0. The fourth-order valence-corrected chi connectivity index (χ4v) is 2.75. The molecular weight excluding hydrogens is 362 g/mol. The molecule has 0 aliphatic carbocycles. The summed E-state index contributed by atoms with van der Waals surface area (Å²) in [5.41, 5.74) is 1.30. The summed E-state index contributed by atoms with van der Waals surface area (Å²) in [5, 5.41) is 3.45. The second-order valence-electron chi connectivity index (χ2n) is 6.19. The van der Waals surface area contributed by atoms with Crippen LogP contribution in [0.5, 0.6) is 5.75 Å². The van der Waals surface area contributed by atoms with Crippen molar-refractivity contribution in [2.75, 3.05) is 12.4 Å². The van der Waals surface area contributed by atoms with Crippen molar-refractivity contribution in [2.24, 2.45) is 0 Å². The predicted molar refractivity (Wildman–Crippen MR) is 104 cm³/mol. The van der Waals surface area contributed by atoms with Crippen LogP contribution in [-0.2, 0) is 9.53 Å². The molecule has 0 aliphatic heterocycles. The molecule has 3 aromatic rings. The minimum absolute atomic E-state index is 0.244. The highest BCUT2D eigenvalue weighted by Crippen LogP contribution is 2.23. The largest absolute Gasteiger partial charge is 0.481 e. The number of rotatable bonds is 5. The number of para-hydroxylation sites is 1. The maximum absolute atomic E-state index is 12.5. The molecule has 2 aromatic carbocycles. The second kappa shape index (κ2) is 7.96. The Balaban J connectivity index is 1.77. The van der Waals surface area contributed by atoms with Gasteiger partial charge in [0.15, 0.2) is 6.10 Å². The number of carbonyl (C=O) groups excluding carboxylic acids is 2. The maximum atomic E-state index is 12.5. The molecule has 0 saturated carbocycles. The monoisotopic (exact) mass is 381 g/mol. The predicted octanol–water partition coefficient (Wildman–Crippen LogP) is 3.29. The molecule has 3 rings (SSSR count). The lowest BCUT2D eigenvalue weighted by molar-refractivity contribution is -0.122. The van der Waals surface area contributed by atoms with Gasteiger partial charge in [0.05, 0.1) is 18.4 Å². The summed E-state index contributed by atoms with van der Waals surface area (Å²) in [6, 6.07) is 13.0. The van der Waals surface area contributed by atoms with E-state index in [1.165, 1.54) is 13.2 Å². The van der Waals surface area contributed by atoms with Gasteiger partial charge in [-0.3, -0.25) is 4.79 Å². The van der Waals surface area contributed by atoms with Gasteiger partial charge in [0, 0.05) is 17.5 Å². The first-order valence-electron chi connectivity index (χ1n) is 8.58. The number of methoxy groups -OCH3 is 1. The summed E-state index contributed by atoms with van der Waals surface area (Å²) in [5.74, 6) is -0.614. The number of esters is 1. The van der Waals surface area contributed by atoms with Crippen molar-refractivity contribution in [1.82, 2.24) is 0 Å². The van der Waals surface area contributed by atoms with Crippen molar-refractivity contribution in [1.29, 1.82) is 0 Å². The van der Waals surface area contributed by atoms with Crippen molar-refractivity contribution >= 4 is 28.5 Å². The molecule has 1 N–H and O–H groups in total. The number of hydrogen-bond acceptors (Lipinski definition) is 6. The maximum Gasteiger partial charge on any atom is 0.339 e. The fraction of sp³-hybridized carbons (Fsp3) is 0.190. The topological polar surface area (TPSA) is 94.8 Å². The molecule has 1 amide bonds. The Morgan fingerprint density at radius 1 is 1.11 bits per heavy atom. The van der Waals surface area contributed by atoms with E-state index >= 15 is 0 Å². The second-order valence-corrected chi connectivity index (χ2v) is 6.19. The van der Waals surface area contributed by atoms with E-state index in [0.29, 0.717) is 17.0 Å². The zero-order valence-corrected chi connectivity index (χ0v) is 15.6. The number of nitrogens with one attached hydrogen (secondary N) is 1. The van der Waals surface area contributed by atoms with Crippen molar-refractivity contribution in [3.63, 3.8) is 0 Å². The van der Waals surface area contributed by atoms with Crippen LogP contribution in [0.3, 0.4) is 0 Å². The lowest BCUT2D eigenvalue weighted by Gasteiger charge is -2.16. The molecule has 0 bridgehead atoms. The Morgan fingerprint density at radius 2 is 1.86 bits per heavy atom. The van der Waals surface area contributed by atoms with E-state index in [2.05, 4.69) is 5.32 Å². The SMILES string of the molecule is COC(=O)c1ccccc1NC(=O)[C@H](C)Oc1ccc2c(C)cc(=O)oc2c1. The van der Waals surface area contributed by atoms with Gasteiger partial charge in [0.1, 0.15) is 11.3 Å². The van der Waals surface area contributed by atoms with Crippen LogP contribution in [0.25, 0.3) is 11.0 Å². The molecular formula is C21H19NO6. The van der Waals surface area contributed by atoms with E-state index in [0.717, 1.165) is 10.9 Å². The number of benzene rings is 2. The van der Waals surface area contributed by atoms with Gasteiger partial charge in [-0.2, -0.15) is 0 Å². The average Bonchev–Trinajstić information content (AvgIpc) is 2.67. The number of hydrogen-bond donors (Lipinski definition) is 1. The van der Waals surface area contributed by atoms with Crippen LogP contribution < -0.4 is 15.7 Å². The van der Waals surface area contributed by atoms with Gasteiger partial charge in [-0.15, -0.1) is 0 Å². The summed E-state index contributed by atoms with van der Waals surface area (Å²) in [7, 11) is 1.27. The Bertz CT molecular complexity index is 1100. The number of aryl methyl sites for hydroxylation is 1. The standard InChI is InChI=1S/C21H19NO6/c1-12-10-19(23)28-18-11-14(8-9-15(12)18)27-13(2)20(24)22-17-7-5-4-6-16(17)21(25)26-3/h4-11,13H,1-3H3,(H,22,24)/t13-/m0/s1. The van der Waals surface area contributed by atoms with Gasteiger partial charge in [0.2, 0.25) is 0 Å². The molecule has 0 saturated heterocycles. The van der Waals surface area contributed by atoms with Crippen molar-refractivity contribution in [3.05, 3.63) is 70.1 Å². The third kappa shape index (κ3) is 4.03. The Labute approximate surface area is 160 Å². The van der Waals surface area contributed by atoms with Gasteiger partial charge < -0.3 is 19.2 Å². The van der Waals surface area contributed by atoms with Gasteiger partial charge in [-0.1, -0.05) is 12.1 Å². The van der Waals surface area contributed by atoms with E-state index in [9.17, 15) is 14.4 Å². The first-order valence-corrected chi connectivity index (χ1v) is 8.58. The Hall–Kier alpha value is -3.61. The number of ether oxygens (including phenoxy) is 2. The minimum atomic E-state index is -0.861. The lowest BCUT2D eigenvalue weighted by atomic mass is 10.1. The molecule has 0 spiro atoms. The molecule has 0 radical (unpaired) electrons. The van der Waals surface area contributed by atoms with E-state index in [1.54, 1.807) is 49.4 Å². The van der Waals surface area contributed by atoms with Gasteiger partial charge in [-0.25, -0.2) is 9.59 Å². The number of anilines is 1. The van der Waals surface area contributed by atoms with Crippen LogP contribution >= 0.6 is 0 Å². The third-order valence-corrected chi connectivity index (χ3v) is 4.20. The van der Waals surface area contributed by atoms with Crippen LogP contribution in [0.2, 0.25) is 0 Å². The van der Waals surface area contributed by atoms with Crippen LogP contribution in [0.1, 0.15) is 22.8 Å². The third-order valence-electron chi connectivity index (χ3n) is 4.20. The average molecular weight is 381 g/mol. The molecule has 28 heavy (non-hydrogen) atoms. The number of amides is 1. The van der Waals surface area contributed by atoms with Gasteiger partial charge >= 0.3 is 11.6 Å². The van der Waals surface area contributed by atoms with Crippen LogP contribution in [0.4, 0.5) is 5.69 Å². The lowest BCUT2D eigenvalue weighted by Crippen LogP contribution is -2.30. The molecule has 0 unspecified atom stereocenters. The van der Waals surface area contributed by atoms with E-state index in [-0.39, 0.29) is 5.56 Å². The Morgan fingerprint density at radius 3 is 2.61 bits per heavy atom. The summed E-state index contributed by atoms with van der Waals surface area (Å²) < 4.78 is 15.6. The molecule has 0 aliphatic rings. The van der Waals surface area contributed by atoms with E-state index in [1.807, 2.05) is 6.92 Å². The fourth-order valence-electron chi connectivity index (χ4n) is 2.75. The van der Waals surface area contributed by atoms with Crippen molar-refractivity contribution in [3.8, 4) is 5.75 Å². The molecule has 7 heteroatoms. The zero-order valence-electron chi connectivity index (χ0n) is 15.6. The highest BCUT2D eigenvalue weighted by atomic mass is 16.5. The molecule has 1 aromatic heterocycles. The molecule has 7 nitrogen and oxygen atoms in total. The van der Waals surface area contributed by atoms with Gasteiger partial charge in [-0.05, 0) is 43.7 Å². The summed E-state index contributed by atoms with van der Waals surface area (Å²) in [6.07, 6.45) is -0.861. The van der Waals surface area contributed by atoms with Crippen LogP contribution in [-0.4, -0.2) is 25.1 Å². The van der Waals surface area contributed by atoms with Crippen LogP contribution in [0.15, 0.2) is 57.7 Å². The molecule has 144 valence electrons. The van der Waals surface area contributed by atoms with Gasteiger partial charge in [0.25, 0.3) is 5.91 Å². The quantitative estimate of drug-likeness (QED) is 0.538.